The van der Waals surface area contributed by atoms with Crippen molar-refractivity contribution in [3.8, 4) is 0 Å². The maximum absolute atomic E-state index is 11.8. The number of nitrogens with zero attached hydrogens (tertiary/aromatic N) is 4. The van der Waals surface area contributed by atoms with Gasteiger partial charge in [-0.25, -0.2) is 4.99 Å². The number of carbonyl (C=O) groups is 1. The second-order valence-corrected chi connectivity index (χ2v) is 5.92. The number of halogens is 1. The van der Waals surface area contributed by atoms with Crippen LogP contribution in [0.1, 0.15) is 11.3 Å². The van der Waals surface area contributed by atoms with E-state index in [0.717, 1.165) is 18.7 Å². The highest BCUT2D eigenvalue weighted by atomic mass is 127. The van der Waals surface area contributed by atoms with Gasteiger partial charge in [-0.05, 0) is 18.1 Å². The molecule has 0 atom stereocenters. The smallest absolute Gasteiger partial charge is 0.241 e. The van der Waals surface area contributed by atoms with Crippen molar-refractivity contribution in [1.29, 1.82) is 0 Å². The molecule has 0 bridgehead atoms. The van der Waals surface area contributed by atoms with Crippen LogP contribution in [0.15, 0.2) is 47.6 Å². The first-order chi connectivity index (χ1) is 12.1. The highest BCUT2D eigenvalue weighted by molar-refractivity contribution is 14.0. The fraction of sp³-hybridized carbons (Fsp3) is 0.389. The molecule has 2 rings (SSSR count). The summed E-state index contributed by atoms with van der Waals surface area (Å²) in [5.74, 6) is 0.616. The van der Waals surface area contributed by atoms with Gasteiger partial charge in [0, 0.05) is 33.9 Å². The lowest BCUT2D eigenvalue weighted by Crippen LogP contribution is -2.43. The first kappa shape index (κ1) is 21.9. The van der Waals surface area contributed by atoms with Crippen LogP contribution in [0.4, 0.5) is 0 Å². The number of likely N-dealkylation sites (N-methyl/N-ethyl adjacent to an activating group) is 1. The number of rotatable bonds is 7. The predicted octanol–water partition coefficient (Wildman–Crippen LogP) is 1.40. The van der Waals surface area contributed by atoms with E-state index in [2.05, 4.69) is 32.9 Å². The van der Waals surface area contributed by atoms with E-state index < -0.39 is 0 Å². The van der Waals surface area contributed by atoms with E-state index in [0.29, 0.717) is 12.5 Å². The zero-order chi connectivity index (χ0) is 18.1. The number of aromatic nitrogens is 2. The van der Waals surface area contributed by atoms with Gasteiger partial charge < -0.3 is 15.5 Å². The number of guanidine groups is 1. The Balaban J connectivity index is 0.00000338. The van der Waals surface area contributed by atoms with Gasteiger partial charge in [-0.15, -0.1) is 24.0 Å². The Morgan fingerprint density at radius 3 is 2.54 bits per heavy atom. The summed E-state index contributed by atoms with van der Waals surface area (Å²) in [7, 11) is 5.36. The Hall–Kier alpha value is -2.10. The molecule has 7 nitrogen and oxygen atoms in total. The maximum atomic E-state index is 11.8. The molecule has 1 amide bonds. The Morgan fingerprint density at radius 2 is 1.92 bits per heavy atom. The van der Waals surface area contributed by atoms with Crippen LogP contribution in [-0.4, -0.2) is 53.7 Å². The SMILES string of the molecule is CN(C)C(=O)CNC(=NCc1ccnn1C)NCCc1ccccc1.I. The topological polar surface area (TPSA) is 74.5 Å². The van der Waals surface area contributed by atoms with Crippen molar-refractivity contribution >= 4 is 35.8 Å². The minimum absolute atomic E-state index is 0. The summed E-state index contributed by atoms with van der Waals surface area (Å²) >= 11 is 0. The molecule has 142 valence electrons. The number of aryl methyl sites for hydroxylation is 1. The van der Waals surface area contributed by atoms with E-state index in [9.17, 15) is 4.79 Å². The van der Waals surface area contributed by atoms with Crippen molar-refractivity contribution in [2.24, 2.45) is 12.0 Å². The first-order valence-corrected chi connectivity index (χ1v) is 8.29. The standard InChI is InChI=1S/C18H26N6O.HI/c1-23(2)17(25)14-21-18(20-13-16-10-12-22-24(16)3)19-11-9-15-7-5-4-6-8-15;/h4-8,10,12H,9,11,13-14H2,1-3H3,(H2,19,20,21);1H. The third kappa shape index (κ3) is 7.42. The van der Waals surface area contributed by atoms with Crippen molar-refractivity contribution in [1.82, 2.24) is 25.3 Å². The predicted molar refractivity (Wildman–Crippen MR) is 115 cm³/mol. The van der Waals surface area contributed by atoms with Crippen molar-refractivity contribution < 1.29 is 4.79 Å². The Labute approximate surface area is 171 Å². The molecule has 0 aliphatic heterocycles. The van der Waals surface area contributed by atoms with E-state index in [1.807, 2.05) is 31.3 Å². The summed E-state index contributed by atoms with van der Waals surface area (Å²) in [5, 5.41) is 10.5. The lowest BCUT2D eigenvalue weighted by Gasteiger charge is -2.15. The maximum Gasteiger partial charge on any atom is 0.241 e. The summed E-state index contributed by atoms with van der Waals surface area (Å²) < 4.78 is 1.79. The van der Waals surface area contributed by atoms with Crippen LogP contribution < -0.4 is 10.6 Å². The third-order valence-electron chi connectivity index (χ3n) is 3.78. The monoisotopic (exact) mass is 470 g/mol. The van der Waals surface area contributed by atoms with Crippen LogP contribution in [0.2, 0.25) is 0 Å². The minimum atomic E-state index is -0.00177. The van der Waals surface area contributed by atoms with Crippen LogP contribution >= 0.6 is 24.0 Å². The van der Waals surface area contributed by atoms with Gasteiger partial charge in [-0.3, -0.25) is 9.48 Å². The number of amides is 1. The molecule has 0 fully saturated rings. The number of benzene rings is 1. The fourth-order valence-electron chi connectivity index (χ4n) is 2.18. The van der Waals surface area contributed by atoms with Crippen molar-refractivity contribution in [2.75, 3.05) is 27.2 Å². The quantitative estimate of drug-likeness (QED) is 0.365. The molecule has 0 aliphatic carbocycles. The van der Waals surface area contributed by atoms with E-state index >= 15 is 0 Å². The molecule has 0 saturated heterocycles. The van der Waals surface area contributed by atoms with Crippen LogP contribution in [0.3, 0.4) is 0 Å². The van der Waals surface area contributed by atoms with E-state index in [4.69, 9.17) is 0 Å². The second kappa shape index (κ2) is 11.5. The van der Waals surface area contributed by atoms with Gasteiger partial charge in [-0.1, -0.05) is 30.3 Å². The number of hydrogen-bond acceptors (Lipinski definition) is 3. The summed E-state index contributed by atoms with van der Waals surface area (Å²) in [4.78, 5) is 17.9. The Bertz CT molecular complexity index is 699. The van der Waals surface area contributed by atoms with Crippen molar-refractivity contribution in [3.05, 3.63) is 53.9 Å². The van der Waals surface area contributed by atoms with Crippen LogP contribution in [-0.2, 0) is 24.8 Å². The van der Waals surface area contributed by atoms with Gasteiger partial charge in [0.2, 0.25) is 5.91 Å². The minimum Gasteiger partial charge on any atom is -0.356 e. The normalized spacial score (nSPS) is 10.8. The molecule has 0 aliphatic rings. The van der Waals surface area contributed by atoms with Gasteiger partial charge in [0.1, 0.15) is 0 Å². The zero-order valence-electron chi connectivity index (χ0n) is 15.5. The molecule has 2 N–H and O–H groups in total. The van der Waals surface area contributed by atoms with Gasteiger partial charge in [0.25, 0.3) is 0 Å². The molecule has 1 aromatic carbocycles. The van der Waals surface area contributed by atoms with E-state index in [1.54, 1.807) is 29.9 Å². The van der Waals surface area contributed by atoms with Gasteiger partial charge >= 0.3 is 0 Å². The van der Waals surface area contributed by atoms with Crippen LogP contribution in [0, 0.1) is 0 Å². The summed E-state index contributed by atoms with van der Waals surface area (Å²) in [6, 6.07) is 12.2. The Kier molecular flexibility index (Phi) is 9.71. The molecule has 0 spiro atoms. The molecule has 26 heavy (non-hydrogen) atoms. The molecule has 0 radical (unpaired) electrons. The molecule has 8 heteroatoms. The van der Waals surface area contributed by atoms with Crippen molar-refractivity contribution in [2.45, 2.75) is 13.0 Å². The molecule has 0 unspecified atom stereocenters. The average Bonchev–Trinajstić information content (AvgIpc) is 3.02. The van der Waals surface area contributed by atoms with Gasteiger partial charge in [0.15, 0.2) is 5.96 Å². The van der Waals surface area contributed by atoms with Gasteiger partial charge in [0.05, 0.1) is 18.8 Å². The van der Waals surface area contributed by atoms with Gasteiger partial charge in [-0.2, -0.15) is 5.10 Å². The summed E-state index contributed by atoms with van der Waals surface area (Å²) in [6.07, 6.45) is 2.63. The van der Waals surface area contributed by atoms with E-state index in [-0.39, 0.29) is 36.4 Å². The number of nitrogens with one attached hydrogen (secondary N) is 2. The molecular formula is C18H27IN6O. The second-order valence-electron chi connectivity index (χ2n) is 5.92. The lowest BCUT2D eigenvalue weighted by atomic mass is 10.1. The molecule has 1 heterocycles. The number of aliphatic imine (C=N–C) groups is 1. The highest BCUT2D eigenvalue weighted by Crippen LogP contribution is 1.99. The van der Waals surface area contributed by atoms with Crippen LogP contribution in [0.5, 0.6) is 0 Å². The van der Waals surface area contributed by atoms with Crippen LogP contribution in [0.25, 0.3) is 0 Å². The first-order valence-electron chi connectivity index (χ1n) is 8.29. The van der Waals surface area contributed by atoms with Crippen molar-refractivity contribution in [3.63, 3.8) is 0 Å². The molecule has 2 aromatic rings. The number of hydrogen-bond donors (Lipinski definition) is 2. The highest BCUT2D eigenvalue weighted by Gasteiger charge is 2.06. The zero-order valence-corrected chi connectivity index (χ0v) is 17.8. The summed E-state index contributed by atoms with van der Waals surface area (Å²) in [6.45, 7) is 1.43. The van der Waals surface area contributed by atoms with E-state index in [1.165, 1.54) is 5.56 Å². The molecule has 0 saturated carbocycles. The number of carbonyl (C=O) groups excluding carboxylic acids is 1. The third-order valence-corrected chi connectivity index (χ3v) is 3.78. The largest absolute Gasteiger partial charge is 0.356 e. The Morgan fingerprint density at radius 1 is 1.19 bits per heavy atom. The molecular weight excluding hydrogens is 443 g/mol. The molecule has 1 aromatic heterocycles. The summed E-state index contributed by atoms with van der Waals surface area (Å²) in [5.41, 5.74) is 2.26. The lowest BCUT2D eigenvalue weighted by molar-refractivity contribution is -0.127. The fourth-order valence-corrected chi connectivity index (χ4v) is 2.18. The average molecular weight is 470 g/mol.